The molecule has 1 aromatic heterocycles. The molecule has 3 rings (SSSR count). The molecule has 0 saturated heterocycles. The number of fused-ring (bicyclic) bond motifs is 3. The molecule has 2 aromatic rings. The van der Waals surface area contributed by atoms with Crippen molar-refractivity contribution in [2.75, 3.05) is 6.61 Å². The molecule has 1 amide bonds. The van der Waals surface area contributed by atoms with Crippen LogP contribution in [-0.2, 0) is 4.74 Å². The smallest absolute Gasteiger partial charge is 0.429 e. The molecular formula is C24H28ClF3N2O4. The van der Waals surface area contributed by atoms with Crippen LogP contribution in [0.4, 0.5) is 18.0 Å². The van der Waals surface area contributed by atoms with Crippen molar-refractivity contribution < 1.29 is 32.2 Å². The van der Waals surface area contributed by atoms with Crippen LogP contribution in [0.2, 0.25) is 5.02 Å². The monoisotopic (exact) mass is 500 g/mol. The van der Waals surface area contributed by atoms with Crippen LogP contribution in [0.25, 0.3) is 11.1 Å². The predicted octanol–water partition coefficient (Wildman–Crippen LogP) is 6.72. The van der Waals surface area contributed by atoms with Crippen molar-refractivity contribution in [3.05, 3.63) is 41.2 Å². The van der Waals surface area contributed by atoms with E-state index >= 15 is 0 Å². The summed E-state index contributed by atoms with van der Waals surface area (Å²) in [6.45, 7) is 9.31. The zero-order valence-corrected chi connectivity index (χ0v) is 20.4. The lowest BCUT2D eigenvalue weighted by Crippen LogP contribution is -2.42. The van der Waals surface area contributed by atoms with Gasteiger partial charge < -0.3 is 19.5 Å². The third-order valence-electron chi connectivity index (χ3n) is 4.92. The van der Waals surface area contributed by atoms with Gasteiger partial charge in [-0.2, -0.15) is 13.2 Å². The van der Waals surface area contributed by atoms with E-state index in [9.17, 15) is 18.0 Å². The minimum Gasteiger partial charge on any atom is -0.490 e. The normalized spacial score (nSPS) is 16.2. The Morgan fingerprint density at radius 3 is 2.56 bits per heavy atom. The number of rotatable bonds is 6. The highest BCUT2D eigenvalue weighted by atomic mass is 35.5. The second-order valence-electron chi connectivity index (χ2n) is 9.56. The zero-order valence-electron chi connectivity index (χ0n) is 19.6. The molecule has 2 heterocycles. The Hall–Kier alpha value is -2.68. The Labute approximate surface area is 201 Å². The highest BCUT2D eigenvalue weighted by Gasteiger charge is 2.47. The van der Waals surface area contributed by atoms with E-state index in [0.717, 1.165) is 6.20 Å². The van der Waals surface area contributed by atoms with E-state index in [1.807, 2.05) is 13.8 Å². The average Bonchev–Trinajstić information content (AvgIpc) is 2.69. The first-order valence-corrected chi connectivity index (χ1v) is 11.3. The van der Waals surface area contributed by atoms with Crippen LogP contribution >= 0.6 is 11.6 Å². The number of alkyl halides is 3. The fourth-order valence-electron chi connectivity index (χ4n) is 3.65. The molecule has 1 aliphatic heterocycles. The first-order valence-electron chi connectivity index (χ1n) is 10.9. The van der Waals surface area contributed by atoms with Crippen molar-refractivity contribution >= 4 is 17.7 Å². The first-order chi connectivity index (χ1) is 15.7. The fraction of sp³-hybridized carbons (Fsp3) is 0.500. The zero-order chi connectivity index (χ0) is 25.3. The number of aromatic nitrogens is 1. The van der Waals surface area contributed by atoms with Gasteiger partial charge in [0.15, 0.2) is 0 Å². The maximum Gasteiger partial charge on any atom is 0.429 e. The van der Waals surface area contributed by atoms with E-state index in [1.54, 1.807) is 20.8 Å². The van der Waals surface area contributed by atoms with Gasteiger partial charge in [-0.05, 0) is 50.8 Å². The van der Waals surface area contributed by atoms with E-state index in [0.29, 0.717) is 17.5 Å². The van der Waals surface area contributed by atoms with Gasteiger partial charge in [0, 0.05) is 29.6 Å². The van der Waals surface area contributed by atoms with Gasteiger partial charge in [-0.15, -0.1) is 0 Å². The van der Waals surface area contributed by atoms with E-state index in [4.69, 9.17) is 25.8 Å². The van der Waals surface area contributed by atoms with Gasteiger partial charge in [0.1, 0.15) is 23.7 Å². The van der Waals surface area contributed by atoms with Gasteiger partial charge in [-0.1, -0.05) is 25.4 Å². The summed E-state index contributed by atoms with van der Waals surface area (Å²) in [5, 5.41) is 2.99. The van der Waals surface area contributed by atoms with Crippen molar-refractivity contribution in [3.63, 3.8) is 0 Å². The molecule has 2 atom stereocenters. The second-order valence-corrected chi connectivity index (χ2v) is 9.97. The summed E-state index contributed by atoms with van der Waals surface area (Å²) in [6, 6.07) is 3.95. The average molecular weight is 501 g/mol. The summed E-state index contributed by atoms with van der Waals surface area (Å²) in [6.07, 6.45) is -4.21. The van der Waals surface area contributed by atoms with Crippen LogP contribution in [0.15, 0.2) is 30.6 Å². The van der Waals surface area contributed by atoms with Gasteiger partial charge in [0.2, 0.25) is 6.10 Å². The van der Waals surface area contributed by atoms with Crippen molar-refractivity contribution in [2.24, 2.45) is 5.92 Å². The molecule has 0 aliphatic carbocycles. The molecule has 10 heteroatoms. The van der Waals surface area contributed by atoms with Crippen LogP contribution in [0.3, 0.4) is 0 Å². The first kappa shape index (κ1) is 25.9. The largest absolute Gasteiger partial charge is 0.490 e. The topological polar surface area (TPSA) is 69.7 Å². The van der Waals surface area contributed by atoms with Crippen LogP contribution < -0.4 is 14.8 Å². The van der Waals surface area contributed by atoms with Crippen LogP contribution in [0.5, 0.6) is 11.5 Å². The molecule has 1 aliphatic rings. The highest BCUT2D eigenvalue weighted by molar-refractivity contribution is 6.32. The van der Waals surface area contributed by atoms with E-state index in [-0.39, 0.29) is 34.6 Å². The Balaban J connectivity index is 1.83. The quantitative estimate of drug-likeness (QED) is 0.477. The molecule has 0 bridgehead atoms. The molecule has 34 heavy (non-hydrogen) atoms. The van der Waals surface area contributed by atoms with Gasteiger partial charge in [-0.3, -0.25) is 4.98 Å². The number of hydrogen-bond donors (Lipinski definition) is 1. The number of hydrogen-bond acceptors (Lipinski definition) is 5. The lowest BCUT2D eigenvalue weighted by Gasteiger charge is -2.30. The number of carbonyl (C=O) groups excluding carboxylic acids is 1. The Bertz CT molecular complexity index is 1040. The van der Waals surface area contributed by atoms with E-state index < -0.39 is 30.0 Å². The number of amides is 1. The summed E-state index contributed by atoms with van der Waals surface area (Å²) in [4.78, 5) is 16.0. The molecule has 6 nitrogen and oxygen atoms in total. The third-order valence-corrected chi connectivity index (χ3v) is 5.21. The molecule has 1 aromatic carbocycles. The van der Waals surface area contributed by atoms with Crippen molar-refractivity contribution in [1.82, 2.24) is 10.3 Å². The number of nitrogens with one attached hydrogen (secondary N) is 1. The van der Waals surface area contributed by atoms with Gasteiger partial charge in [-0.25, -0.2) is 4.79 Å². The standard InChI is InChI=1S/C24H28ClF3N2O4/c1-13(2)8-14(30-22(31)34-23(3,4)5)12-32-20-10-19-16(9-18(20)25)15-6-7-29-11-17(15)21(33-19)24(26,27)28/h6-7,9-11,13-14,21H,8,12H2,1-5H3,(H,30,31). The number of nitrogens with zero attached hydrogens (tertiary/aromatic N) is 1. The highest BCUT2D eigenvalue weighted by Crippen LogP contribution is 2.50. The Morgan fingerprint density at radius 2 is 1.94 bits per heavy atom. The van der Waals surface area contributed by atoms with Gasteiger partial charge >= 0.3 is 12.3 Å². The second kappa shape index (κ2) is 9.90. The molecule has 1 N–H and O–H groups in total. The van der Waals surface area contributed by atoms with Crippen molar-refractivity contribution in [3.8, 4) is 22.6 Å². The van der Waals surface area contributed by atoms with Gasteiger partial charge in [0.05, 0.1) is 11.1 Å². The SMILES string of the molecule is CC(C)CC(COc1cc2c(cc1Cl)-c1ccncc1C(C(F)(F)F)O2)NC(=O)OC(C)(C)C. The molecule has 0 saturated carbocycles. The van der Waals surface area contributed by atoms with E-state index in [1.165, 1.54) is 24.4 Å². The molecular weight excluding hydrogens is 473 g/mol. The van der Waals surface area contributed by atoms with Crippen LogP contribution in [-0.4, -0.2) is 35.5 Å². The molecule has 186 valence electrons. The summed E-state index contributed by atoms with van der Waals surface area (Å²) in [5.74, 6) is 0.392. The number of benzene rings is 1. The number of halogens is 4. The van der Waals surface area contributed by atoms with Crippen molar-refractivity contribution in [2.45, 2.75) is 65.0 Å². The van der Waals surface area contributed by atoms with Crippen LogP contribution in [0, 0.1) is 5.92 Å². The number of alkyl carbamates (subject to hydrolysis) is 1. The summed E-state index contributed by atoms with van der Waals surface area (Å²) in [7, 11) is 0. The lowest BCUT2D eigenvalue weighted by molar-refractivity contribution is -0.198. The van der Waals surface area contributed by atoms with Crippen molar-refractivity contribution in [1.29, 1.82) is 0 Å². The maximum absolute atomic E-state index is 13.6. The summed E-state index contributed by atoms with van der Waals surface area (Å²) in [5.41, 5.74) is 0.0239. The lowest BCUT2D eigenvalue weighted by atomic mass is 9.94. The molecule has 0 radical (unpaired) electrons. The Morgan fingerprint density at radius 1 is 1.24 bits per heavy atom. The molecule has 2 unspecified atom stereocenters. The maximum atomic E-state index is 13.6. The van der Waals surface area contributed by atoms with Gasteiger partial charge in [0.25, 0.3) is 0 Å². The number of pyridine rings is 1. The van der Waals surface area contributed by atoms with Crippen LogP contribution in [0.1, 0.15) is 52.7 Å². The fourth-order valence-corrected chi connectivity index (χ4v) is 3.87. The number of carbonyl (C=O) groups is 1. The minimum absolute atomic E-state index is 0.000867. The summed E-state index contributed by atoms with van der Waals surface area (Å²) >= 11 is 6.41. The Kier molecular flexibility index (Phi) is 7.55. The molecule has 0 fully saturated rings. The number of ether oxygens (including phenoxy) is 3. The predicted molar refractivity (Wildman–Crippen MR) is 122 cm³/mol. The minimum atomic E-state index is -4.63. The third kappa shape index (κ3) is 6.46. The van der Waals surface area contributed by atoms with E-state index in [2.05, 4.69) is 10.3 Å². The summed E-state index contributed by atoms with van der Waals surface area (Å²) < 4.78 is 57.4. The molecule has 0 spiro atoms.